The van der Waals surface area contributed by atoms with Crippen LogP contribution in [0.3, 0.4) is 0 Å². The van der Waals surface area contributed by atoms with Crippen molar-refractivity contribution in [3.05, 3.63) is 65.7 Å². The molecule has 0 saturated carbocycles. The maximum Gasteiger partial charge on any atom is 0.263 e. The van der Waals surface area contributed by atoms with Crippen LogP contribution in [-0.2, 0) is 10.0 Å². The van der Waals surface area contributed by atoms with E-state index in [9.17, 15) is 13.2 Å². The van der Waals surface area contributed by atoms with Crippen molar-refractivity contribution in [2.45, 2.75) is 25.2 Å². The Morgan fingerprint density at radius 2 is 1.88 bits per heavy atom. The lowest BCUT2D eigenvalue weighted by molar-refractivity contribution is 0.0973. The SMILES string of the molecule is CC(C)CCOc1ccccc1C(=O)NC(=S)Nc1ccc(S(=O)(=O)Nc2nccs2)cc1. The van der Waals surface area contributed by atoms with Crippen LogP contribution in [0.2, 0.25) is 0 Å². The van der Waals surface area contributed by atoms with Crippen LogP contribution in [0.5, 0.6) is 5.75 Å². The molecule has 1 heterocycles. The van der Waals surface area contributed by atoms with E-state index in [-0.39, 0.29) is 15.1 Å². The number of hydrogen-bond donors (Lipinski definition) is 3. The maximum absolute atomic E-state index is 12.7. The normalized spacial score (nSPS) is 11.1. The van der Waals surface area contributed by atoms with Gasteiger partial charge in [0.2, 0.25) is 0 Å². The van der Waals surface area contributed by atoms with Crippen molar-refractivity contribution in [1.82, 2.24) is 10.3 Å². The Balaban J connectivity index is 1.59. The van der Waals surface area contributed by atoms with Gasteiger partial charge in [0.05, 0.1) is 17.1 Å². The monoisotopic (exact) mass is 504 g/mol. The summed E-state index contributed by atoms with van der Waals surface area (Å²) in [6.07, 6.45) is 2.39. The van der Waals surface area contributed by atoms with Gasteiger partial charge in [-0.15, -0.1) is 11.3 Å². The standard InChI is InChI=1S/C22H24N4O4S3/c1-15(2)11-13-30-19-6-4-3-5-18(19)20(27)25-21(31)24-16-7-9-17(10-8-16)33(28,29)26-22-23-12-14-32-22/h3-10,12,14-15H,11,13H2,1-2H3,(H,23,26)(H2,24,25,27,31). The Hall–Kier alpha value is -3.02. The van der Waals surface area contributed by atoms with Crippen molar-refractivity contribution < 1.29 is 17.9 Å². The number of hydrogen-bond acceptors (Lipinski definition) is 7. The van der Waals surface area contributed by atoms with E-state index in [4.69, 9.17) is 17.0 Å². The van der Waals surface area contributed by atoms with Gasteiger partial charge in [0.25, 0.3) is 15.9 Å². The fourth-order valence-electron chi connectivity index (χ4n) is 2.68. The molecule has 0 aliphatic heterocycles. The molecule has 1 amide bonds. The number of carbonyl (C=O) groups is 1. The average Bonchev–Trinajstić information content (AvgIpc) is 3.26. The Labute approximate surface area is 202 Å². The summed E-state index contributed by atoms with van der Waals surface area (Å²) in [4.78, 5) is 16.7. The van der Waals surface area contributed by atoms with E-state index < -0.39 is 15.9 Å². The van der Waals surface area contributed by atoms with Gasteiger partial charge >= 0.3 is 0 Å². The summed E-state index contributed by atoms with van der Waals surface area (Å²) in [5.41, 5.74) is 0.898. The third-order valence-electron chi connectivity index (χ3n) is 4.39. The van der Waals surface area contributed by atoms with Crippen LogP contribution < -0.4 is 20.1 Å². The number of ether oxygens (including phenoxy) is 1. The van der Waals surface area contributed by atoms with E-state index in [0.717, 1.165) is 6.42 Å². The molecule has 0 radical (unpaired) electrons. The number of carbonyl (C=O) groups excluding carboxylic acids is 1. The highest BCUT2D eigenvalue weighted by atomic mass is 32.2. The van der Waals surface area contributed by atoms with Crippen LogP contribution in [0.1, 0.15) is 30.6 Å². The van der Waals surface area contributed by atoms with Crippen molar-refractivity contribution in [3.8, 4) is 5.75 Å². The van der Waals surface area contributed by atoms with Crippen molar-refractivity contribution >= 4 is 55.4 Å². The summed E-state index contributed by atoms with van der Waals surface area (Å²) in [6.45, 7) is 4.72. The average molecular weight is 505 g/mol. The number of benzene rings is 2. The molecule has 174 valence electrons. The summed E-state index contributed by atoms with van der Waals surface area (Å²) >= 11 is 6.43. The number of aromatic nitrogens is 1. The van der Waals surface area contributed by atoms with E-state index in [1.54, 1.807) is 41.8 Å². The van der Waals surface area contributed by atoms with Crippen LogP contribution in [0.4, 0.5) is 10.8 Å². The van der Waals surface area contributed by atoms with Crippen LogP contribution in [0.25, 0.3) is 0 Å². The number of amides is 1. The lowest BCUT2D eigenvalue weighted by Crippen LogP contribution is -2.34. The number of thiazole rings is 1. The van der Waals surface area contributed by atoms with E-state index in [1.807, 2.05) is 0 Å². The van der Waals surface area contributed by atoms with Gasteiger partial charge in [-0.25, -0.2) is 13.4 Å². The molecule has 3 N–H and O–H groups in total. The first kappa shape index (κ1) is 24.6. The molecule has 0 unspecified atom stereocenters. The largest absolute Gasteiger partial charge is 0.493 e. The van der Waals surface area contributed by atoms with E-state index >= 15 is 0 Å². The summed E-state index contributed by atoms with van der Waals surface area (Å²) < 4.78 is 33.0. The molecule has 11 heteroatoms. The number of sulfonamides is 1. The summed E-state index contributed by atoms with van der Waals surface area (Å²) in [7, 11) is -3.75. The number of nitrogens with one attached hydrogen (secondary N) is 3. The molecule has 0 atom stereocenters. The minimum Gasteiger partial charge on any atom is -0.493 e. The Morgan fingerprint density at radius 1 is 1.15 bits per heavy atom. The molecule has 3 aromatic rings. The van der Waals surface area contributed by atoms with Gasteiger partial charge in [0.15, 0.2) is 10.2 Å². The quantitative estimate of drug-likeness (QED) is 0.368. The van der Waals surface area contributed by atoms with Crippen molar-refractivity contribution in [2.24, 2.45) is 5.92 Å². The second kappa shape index (κ2) is 11.2. The Bertz CT molecular complexity index is 1190. The Morgan fingerprint density at radius 3 is 2.55 bits per heavy atom. The van der Waals surface area contributed by atoms with Gasteiger partial charge in [-0.2, -0.15) is 0 Å². The molecule has 1 aromatic heterocycles. The molecule has 0 spiro atoms. The van der Waals surface area contributed by atoms with Gasteiger partial charge in [-0.1, -0.05) is 26.0 Å². The van der Waals surface area contributed by atoms with E-state index in [1.165, 1.54) is 29.7 Å². The van der Waals surface area contributed by atoms with Gasteiger partial charge in [-0.05, 0) is 61.0 Å². The molecule has 0 saturated heterocycles. The molecule has 0 bridgehead atoms. The molecule has 0 fully saturated rings. The van der Waals surface area contributed by atoms with E-state index in [2.05, 4.69) is 34.2 Å². The zero-order valence-electron chi connectivity index (χ0n) is 18.1. The molecule has 3 rings (SSSR count). The zero-order valence-corrected chi connectivity index (χ0v) is 20.5. The second-order valence-electron chi connectivity index (χ2n) is 7.40. The van der Waals surface area contributed by atoms with Crippen molar-refractivity contribution in [1.29, 1.82) is 0 Å². The second-order valence-corrected chi connectivity index (χ2v) is 10.4. The maximum atomic E-state index is 12.7. The lowest BCUT2D eigenvalue weighted by Gasteiger charge is -2.14. The van der Waals surface area contributed by atoms with Gasteiger partial charge in [-0.3, -0.25) is 14.8 Å². The fourth-order valence-corrected chi connectivity index (χ4v) is 4.68. The minimum absolute atomic E-state index is 0.0747. The number of rotatable bonds is 9. The lowest BCUT2D eigenvalue weighted by atomic mass is 10.1. The summed E-state index contributed by atoms with van der Waals surface area (Å²) in [5, 5.41) is 7.54. The van der Waals surface area contributed by atoms with Crippen molar-refractivity contribution in [2.75, 3.05) is 16.6 Å². The molecule has 33 heavy (non-hydrogen) atoms. The third-order valence-corrected chi connectivity index (χ3v) is 6.76. The summed E-state index contributed by atoms with van der Waals surface area (Å²) in [5.74, 6) is 0.576. The highest BCUT2D eigenvalue weighted by Gasteiger charge is 2.16. The molecule has 2 aromatic carbocycles. The molecule has 0 aliphatic carbocycles. The van der Waals surface area contributed by atoms with Crippen LogP contribution in [0, 0.1) is 5.92 Å². The fraction of sp³-hybridized carbons (Fsp3) is 0.227. The van der Waals surface area contributed by atoms with Gasteiger partial charge < -0.3 is 10.1 Å². The number of para-hydroxylation sites is 1. The molecule has 0 aliphatic rings. The highest BCUT2D eigenvalue weighted by Crippen LogP contribution is 2.21. The molecular formula is C22H24N4O4S3. The van der Waals surface area contributed by atoms with Crippen LogP contribution in [0.15, 0.2) is 65.0 Å². The summed E-state index contributed by atoms with van der Waals surface area (Å²) in [6, 6.07) is 12.9. The topological polar surface area (TPSA) is 109 Å². The third kappa shape index (κ3) is 7.24. The minimum atomic E-state index is -3.75. The van der Waals surface area contributed by atoms with Crippen LogP contribution in [-0.4, -0.2) is 31.0 Å². The Kier molecular flexibility index (Phi) is 8.37. The predicted molar refractivity (Wildman–Crippen MR) is 134 cm³/mol. The first-order valence-electron chi connectivity index (χ1n) is 10.1. The number of nitrogens with zero attached hydrogens (tertiary/aromatic N) is 1. The predicted octanol–water partition coefficient (Wildman–Crippen LogP) is 4.50. The highest BCUT2D eigenvalue weighted by molar-refractivity contribution is 7.93. The van der Waals surface area contributed by atoms with Crippen LogP contribution >= 0.6 is 23.6 Å². The zero-order chi connectivity index (χ0) is 23.8. The van der Waals surface area contributed by atoms with Crippen molar-refractivity contribution in [3.63, 3.8) is 0 Å². The molecule has 8 nitrogen and oxygen atoms in total. The number of anilines is 2. The smallest absolute Gasteiger partial charge is 0.263 e. The van der Waals surface area contributed by atoms with Gasteiger partial charge in [0, 0.05) is 17.3 Å². The first-order chi connectivity index (χ1) is 15.7. The van der Waals surface area contributed by atoms with E-state index in [0.29, 0.717) is 29.5 Å². The molecular weight excluding hydrogens is 480 g/mol. The first-order valence-corrected chi connectivity index (χ1v) is 12.9. The van der Waals surface area contributed by atoms with Gasteiger partial charge in [0.1, 0.15) is 5.75 Å². The number of thiocarbonyl (C=S) groups is 1.